The molecule has 1 aliphatic carbocycles. The molecule has 0 aliphatic heterocycles. The Hall–Kier alpha value is -3.84. The van der Waals surface area contributed by atoms with Crippen molar-refractivity contribution < 1.29 is 18.0 Å². The first kappa shape index (κ1) is 30.4. The summed E-state index contributed by atoms with van der Waals surface area (Å²) in [7, 11) is 0. The van der Waals surface area contributed by atoms with Gasteiger partial charge in [0, 0.05) is 30.8 Å². The molecule has 0 fully saturated rings. The number of Topliss-reactive ketones (excluding diaryl/α,β-unsaturated/α-hetero) is 1. The van der Waals surface area contributed by atoms with E-state index in [4.69, 9.17) is 6.57 Å². The maximum atomic E-state index is 12.6. The number of benzene rings is 1. The summed E-state index contributed by atoms with van der Waals surface area (Å²) in [6.07, 6.45) is 5.84. The fourth-order valence-corrected chi connectivity index (χ4v) is 4.42. The van der Waals surface area contributed by atoms with Gasteiger partial charge in [0.15, 0.2) is 5.78 Å². The molecule has 0 aromatic heterocycles. The topological polar surface area (TPSA) is 48.5 Å². The van der Waals surface area contributed by atoms with Gasteiger partial charge in [-0.1, -0.05) is 62.4 Å². The van der Waals surface area contributed by atoms with E-state index in [0.29, 0.717) is 0 Å². The van der Waals surface area contributed by atoms with Crippen molar-refractivity contribution in [2.24, 2.45) is 5.41 Å². The molecule has 7 heteroatoms. The van der Waals surface area contributed by atoms with Crippen LogP contribution in [0, 0.1) is 23.3 Å². The summed E-state index contributed by atoms with van der Waals surface area (Å²) in [5.41, 5.74) is 3.56. The molecule has 0 unspecified atom stereocenters. The van der Waals surface area contributed by atoms with Crippen molar-refractivity contribution >= 4 is 17.5 Å². The SMILES string of the molecule is [C-]#[N+]C(C#N)=C(C=CC=C1C=C(C=Cc2ccc(N(CC)CC)cc2)CC(C)(C)C1)C(=O)CCC(F)(F)F. The van der Waals surface area contributed by atoms with Gasteiger partial charge in [-0.05, 0) is 60.9 Å². The predicted octanol–water partition coefficient (Wildman–Crippen LogP) is 8.38. The average molecular weight is 522 g/mol. The summed E-state index contributed by atoms with van der Waals surface area (Å²) in [5, 5.41) is 9.18. The van der Waals surface area contributed by atoms with Crippen molar-refractivity contribution in [2.45, 2.75) is 59.6 Å². The molecule has 0 N–H and O–H groups in total. The number of hydrogen-bond acceptors (Lipinski definition) is 3. The lowest BCUT2D eigenvalue weighted by Crippen LogP contribution is -2.21. The summed E-state index contributed by atoms with van der Waals surface area (Å²) < 4.78 is 37.7. The first-order chi connectivity index (χ1) is 17.9. The van der Waals surface area contributed by atoms with Gasteiger partial charge in [-0.25, -0.2) is 10.1 Å². The maximum Gasteiger partial charge on any atom is 0.389 e. The molecule has 0 atom stereocenters. The number of ketones is 1. The largest absolute Gasteiger partial charge is 0.389 e. The van der Waals surface area contributed by atoms with Crippen molar-refractivity contribution in [3.05, 3.63) is 94.0 Å². The Labute approximate surface area is 224 Å². The fourth-order valence-electron chi connectivity index (χ4n) is 4.42. The lowest BCUT2D eigenvalue weighted by molar-refractivity contribution is -0.141. The van der Waals surface area contributed by atoms with Crippen molar-refractivity contribution in [2.75, 3.05) is 18.0 Å². The summed E-state index contributed by atoms with van der Waals surface area (Å²) in [6.45, 7) is 17.6. The number of hydrogen-bond donors (Lipinski definition) is 0. The predicted molar refractivity (Wildman–Crippen MR) is 147 cm³/mol. The fraction of sp³-hybridized carbons (Fsp3) is 0.387. The number of allylic oxidation sites excluding steroid dienone is 9. The van der Waals surface area contributed by atoms with E-state index in [1.54, 1.807) is 12.1 Å². The Balaban J connectivity index is 2.27. The first-order valence-electron chi connectivity index (χ1n) is 12.6. The van der Waals surface area contributed by atoms with Gasteiger partial charge in [0.1, 0.15) is 0 Å². The lowest BCUT2D eigenvalue weighted by Gasteiger charge is -2.30. The Kier molecular flexibility index (Phi) is 10.9. The maximum absolute atomic E-state index is 12.6. The summed E-state index contributed by atoms with van der Waals surface area (Å²) >= 11 is 0. The highest BCUT2D eigenvalue weighted by Gasteiger charge is 2.29. The molecular formula is C31H34F3N3O. The van der Waals surface area contributed by atoms with E-state index in [-0.39, 0.29) is 11.0 Å². The molecule has 38 heavy (non-hydrogen) atoms. The van der Waals surface area contributed by atoms with Gasteiger partial charge >= 0.3 is 6.18 Å². The van der Waals surface area contributed by atoms with Crippen LogP contribution in [-0.2, 0) is 4.79 Å². The number of nitriles is 1. The standard InChI is InChI=1S/C31H34F3N3O/c1-6-37(7-2)26-15-13-23(14-16-26)11-12-25-19-24(20-30(3,4)21-25)9-8-10-27(28(22-35)36-5)29(38)17-18-31(32,33)34/h8-16,19H,6-7,17-18,20-21H2,1-4H3. The Bertz CT molecular complexity index is 1210. The Morgan fingerprint density at radius 2 is 1.82 bits per heavy atom. The van der Waals surface area contributed by atoms with E-state index < -0.39 is 30.5 Å². The number of nitrogens with zero attached hydrogens (tertiary/aromatic N) is 3. The van der Waals surface area contributed by atoms with Crippen molar-refractivity contribution in [1.29, 1.82) is 5.26 Å². The van der Waals surface area contributed by atoms with Crippen LogP contribution in [-0.4, -0.2) is 25.0 Å². The third-order valence-electron chi connectivity index (χ3n) is 6.23. The zero-order valence-electron chi connectivity index (χ0n) is 22.4. The molecule has 1 aliphatic rings. The van der Waals surface area contributed by atoms with Crippen LogP contribution in [0.2, 0.25) is 0 Å². The van der Waals surface area contributed by atoms with Crippen LogP contribution >= 0.6 is 0 Å². The van der Waals surface area contributed by atoms with E-state index in [1.807, 2.05) is 0 Å². The minimum Gasteiger partial charge on any atom is -0.372 e. The molecule has 0 saturated heterocycles. The van der Waals surface area contributed by atoms with E-state index >= 15 is 0 Å². The molecule has 0 heterocycles. The molecule has 0 radical (unpaired) electrons. The number of carbonyl (C=O) groups excluding carboxylic acids is 1. The quantitative estimate of drug-likeness (QED) is 0.134. The van der Waals surface area contributed by atoms with Gasteiger partial charge in [0.25, 0.3) is 5.70 Å². The molecule has 0 spiro atoms. The van der Waals surface area contributed by atoms with Gasteiger partial charge in [-0.2, -0.15) is 13.2 Å². The Morgan fingerprint density at radius 3 is 2.37 bits per heavy atom. The van der Waals surface area contributed by atoms with Crippen molar-refractivity contribution in [3.63, 3.8) is 0 Å². The molecule has 0 saturated carbocycles. The van der Waals surface area contributed by atoms with E-state index in [2.05, 4.69) is 79.9 Å². The molecule has 1 aromatic carbocycles. The molecule has 200 valence electrons. The summed E-state index contributed by atoms with van der Waals surface area (Å²) in [4.78, 5) is 17.7. The van der Waals surface area contributed by atoms with Crippen LogP contribution in [0.5, 0.6) is 0 Å². The van der Waals surface area contributed by atoms with Crippen LogP contribution in [0.4, 0.5) is 18.9 Å². The number of carbonyl (C=O) groups is 1. The first-order valence-corrected chi connectivity index (χ1v) is 12.6. The number of rotatable bonds is 10. The molecule has 4 nitrogen and oxygen atoms in total. The normalized spacial score (nSPS) is 17.2. The molecule has 0 amide bonds. The number of anilines is 1. The lowest BCUT2D eigenvalue weighted by atomic mass is 9.75. The number of halogens is 3. The average Bonchev–Trinajstić information content (AvgIpc) is 2.86. The van der Waals surface area contributed by atoms with Crippen LogP contribution < -0.4 is 4.90 Å². The molecule has 1 aromatic rings. The third-order valence-corrected chi connectivity index (χ3v) is 6.23. The van der Waals surface area contributed by atoms with E-state index in [0.717, 1.165) is 42.6 Å². The second-order valence-corrected chi connectivity index (χ2v) is 9.96. The monoisotopic (exact) mass is 521 g/mol. The van der Waals surface area contributed by atoms with Crippen LogP contribution in [0.1, 0.15) is 58.9 Å². The summed E-state index contributed by atoms with van der Waals surface area (Å²) in [6, 6.07) is 10.0. The van der Waals surface area contributed by atoms with Gasteiger partial charge in [0.2, 0.25) is 0 Å². The molecule has 2 rings (SSSR count). The van der Waals surface area contributed by atoms with E-state index in [9.17, 15) is 23.2 Å². The van der Waals surface area contributed by atoms with Crippen LogP contribution in [0.25, 0.3) is 10.9 Å². The number of alkyl halides is 3. The van der Waals surface area contributed by atoms with Gasteiger partial charge < -0.3 is 4.90 Å². The van der Waals surface area contributed by atoms with Crippen LogP contribution in [0.3, 0.4) is 0 Å². The third kappa shape index (κ3) is 9.56. The minimum atomic E-state index is -4.49. The van der Waals surface area contributed by atoms with Gasteiger partial charge in [-0.3, -0.25) is 4.79 Å². The summed E-state index contributed by atoms with van der Waals surface area (Å²) in [5.74, 6) is -0.875. The van der Waals surface area contributed by atoms with Crippen LogP contribution in [0.15, 0.2) is 77.1 Å². The molecule has 0 bridgehead atoms. The Morgan fingerprint density at radius 1 is 1.16 bits per heavy atom. The highest BCUT2D eigenvalue weighted by atomic mass is 19.4. The zero-order valence-corrected chi connectivity index (χ0v) is 22.4. The highest BCUT2D eigenvalue weighted by molar-refractivity contribution is 5.99. The second kappa shape index (κ2) is 13.6. The van der Waals surface area contributed by atoms with Crippen molar-refractivity contribution in [1.82, 2.24) is 0 Å². The smallest absolute Gasteiger partial charge is 0.372 e. The van der Waals surface area contributed by atoms with Gasteiger partial charge in [0.05, 0.1) is 19.1 Å². The van der Waals surface area contributed by atoms with E-state index in [1.165, 1.54) is 17.8 Å². The highest BCUT2D eigenvalue weighted by Crippen LogP contribution is 2.38. The minimum absolute atomic E-state index is 0.0176. The zero-order chi connectivity index (χ0) is 28.3. The van der Waals surface area contributed by atoms with Crippen molar-refractivity contribution in [3.8, 4) is 6.07 Å². The van der Waals surface area contributed by atoms with Gasteiger partial charge in [-0.15, -0.1) is 0 Å². The second-order valence-electron chi connectivity index (χ2n) is 9.96. The molecular weight excluding hydrogens is 487 g/mol.